The van der Waals surface area contributed by atoms with E-state index in [0.717, 1.165) is 42.1 Å². The topological polar surface area (TPSA) is 107 Å². The summed E-state index contributed by atoms with van der Waals surface area (Å²) in [4.78, 5) is 25.0. The third-order valence-corrected chi connectivity index (χ3v) is 6.32. The molecule has 0 radical (unpaired) electrons. The van der Waals surface area contributed by atoms with Gasteiger partial charge in [-0.05, 0) is 49.8 Å². The Labute approximate surface area is 153 Å². The summed E-state index contributed by atoms with van der Waals surface area (Å²) >= 11 is 0. The second-order valence-electron chi connectivity index (χ2n) is 6.76. The molecule has 0 spiro atoms. The lowest BCUT2D eigenvalue weighted by atomic mass is 9.95. The van der Waals surface area contributed by atoms with Crippen molar-refractivity contribution in [3.63, 3.8) is 0 Å². The highest BCUT2D eigenvalue weighted by Crippen LogP contribution is 2.32. The lowest BCUT2D eigenvalue weighted by Gasteiger charge is -2.35. The fourth-order valence-electron chi connectivity index (χ4n) is 3.65. The molecular weight excluding hydrogens is 358 g/mol. The Morgan fingerprint density at radius 2 is 2.12 bits per heavy atom. The molecular formula is C17H23N3O5S. The first-order valence-corrected chi connectivity index (χ1v) is 10.1. The average Bonchev–Trinajstić information content (AvgIpc) is 2.85. The van der Waals surface area contributed by atoms with Crippen LogP contribution in [0.5, 0.6) is 5.75 Å². The van der Waals surface area contributed by atoms with Gasteiger partial charge in [0.25, 0.3) is 5.91 Å². The number of rotatable bonds is 4. The van der Waals surface area contributed by atoms with Crippen molar-refractivity contribution in [2.45, 2.75) is 45.1 Å². The van der Waals surface area contributed by atoms with Crippen LogP contribution in [0.15, 0.2) is 18.2 Å². The largest absolute Gasteiger partial charge is 0.506 e. The molecule has 2 fully saturated rings. The lowest BCUT2D eigenvalue weighted by Crippen LogP contribution is -2.42. The van der Waals surface area contributed by atoms with Gasteiger partial charge in [0.2, 0.25) is 5.91 Å². The fraction of sp³-hybridized carbons (Fsp3) is 0.529. The van der Waals surface area contributed by atoms with Crippen molar-refractivity contribution in [2.75, 3.05) is 17.4 Å². The van der Waals surface area contributed by atoms with Crippen molar-refractivity contribution in [1.82, 2.24) is 9.62 Å². The van der Waals surface area contributed by atoms with Crippen LogP contribution in [-0.2, 0) is 26.2 Å². The first-order chi connectivity index (χ1) is 12.3. The number of carbonyl (C=O) groups excluding carboxylic acids is 2. The third kappa shape index (κ3) is 3.77. The number of hydrogen-bond acceptors (Lipinski definition) is 5. The monoisotopic (exact) mass is 381 g/mol. The van der Waals surface area contributed by atoms with Crippen molar-refractivity contribution < 1.29 is 23.1 Å². The molecule has 0 aromatic heterocycles. The minimum absolute atomic E-state index is 0.0788. The summed E-state index contributed by atoms with van der Waals surface area (Å²) in [5.41, 5.74) is 0.936. The van der Waals surface area contributed by atoms with E-state index in [1.807, 2.05) is 9.62 Å². The first-order valence-electron chi connectivity index (χ1n) is 8.70. The number of aromatic hydroxyl groups is 1. The fourth-order valence-corrected chi connectivity index (χ4v) is 4.81. The van der Waals surface area contributed by atoms with Crippen LogP contribution in [0.25, 0.3) is 0 Å². The number of anilines is 1. The van der Waals surface area contributed by atoms with Crippen LogP contribution < -0.4 is 9.03 Å². The smallest absolute Gasteiger partial charge is 0.326 e. The molecule has 26 heavy (non-hydrogen) atoms. The highest BCUT2D eigenvalue weighted by molar-refractivity contribution is 7.92. The van der Waals surface area contributed by atoms with E-state index in [9.17, 15) is 23.1 Å². The molecule has 2 saturated heterocycles. The Morgan fingerprint density at radius 1 is 1.35 bits per heavy atom. The van der Waals surface area contributed by atoms with Gasteiger partial charge in [-0.25, -0.2) is 9.03 Å². The van der Waals surface area contributed by atoms with Gasteiger partial charge in [0.05, 0.1) is 5.69 Å². The third-order valence-electron chi connectivity index (χ3n) is 4.93. The quantitative estimate of drug-likeness (QED) is 0.806. The molecule has 2 aliphatic heterocycles. The van der Waals surface area contributed by atoms with Crippen LogP contribution >= 0.6 is 0 Å². The van der Waals surface area contributed by atoms with Gasteiger partial charge in [-0.2, -0.15) is 8.42 Å². The molecule has 142 valence electrons. The maximum absolute atomic E-state index is 11.9. The molecule has 0 saturated carbocycles. The minimum atomic E-state index is -3.94. The summed E-state index contributed by atoms with van der Waals surface area (Å²) < 4.78 is 26.5. The molecule has 1 aromatic rings. The lowest BCUT2D eigenvalue weighted by molar-refractivity contribution is -0.132. The van der Waals surface area contributed by atoms with Crippen molar-refractivity contribution >= 4 is 27.7 Å². The number of nitrogens with one attached hydrogen (secondary N) is 1. The molecule has 0 aliphatic carbocycles. The van der Waals surface area contributed by atoms with E-state index in [0.29, 0.717) is 6.42 Å². The molecule has 9 heteroatoms. The Kier molecular flexibility index (Phi) is 5.08. The maximum Gasteiger partial charge on any atom is 0.326 e. The van der Waals surface area contributed by atoms with Crippen molar-refractivity contribution in [2.24, 2.45) is 0 Å². The Morgan fingerprint density at radius 3 is 2.73 bits per heavy atom. The minimum Gasteiger partial charge on any atom is -0.506 e. The zero-order chi connectivity index (χ0) is 18.9. The molecule has 8 nitrogen and oxygen atoms in total. The molecule has 2 N–H and O–H groups in total. The predicted octanol–water partition coefficient (Wildman–Crippen LogP) is 0.907. The van der Waals surface area contributed by atoms with Crippen LogP contribution in [-0.4, -0.2) is 49.4 Å². The highest BCUT2D eigenvalue weighted by atomic mass is 32.2. The van der Waals surface area contributed by atoms with Crippen molar-refractivity contribution in [1.29, 1.82) is 0 Å². The van der Waals surface area contributed by atoms with E-state index in [2.05, 4.69) is 0 Å². The van der Waals surface area contributed by atoms with Gasteiger partial charge >= 0.3 is 10.2 Å². The summed E-state index contributed by atoms with van der Waals surface area (Å²) in [5.74, 6) is -0.728. The predicted molar refractivity (Wildman–Crippen MR) is 95.9 cm³/mol. The van der Waals surface area contributed by atoms with Crippen molar-refractivity contribution in [3.8, 4) is 5.75 Å². The molecule has 1 unspecified atom stereocenters. The van der Waals surface area contributed by atoms with E-state index in [1.165, 1.54) is 12.1 Å². The van der Waals surface area contributed by atoms with Gasteiger partial charge in [-0.15, -0.1) is 0 Å². The Hall–Kier alpha value is -2.29. The van der Waals surface area contributed by atoms with Gasteiger partial charge in [-0.3, -0.25) is 9.59 Å². The van der Waals surface area contributed by atoms with Gasteiger partial charge in [0, 0.05) is 19.5 Å². The van der Waals surface area contributed by atoms with Crippen LogP contribution in [0.1, 0.15) is 38.2 Å². The van der Waals surface area contributed by atoms with Crippen LogP contribution in [0.3, 0.4) is 0 Å². The molecule has 2 amide bonds. The van der Waals surface area contributed by atoms with E-state index >= 15 is 0 Å². The second kappa shape index (κ2) is 7.14. The van der Waals surface area contributed by atoms with Gasteiger partial charge < -0.3 is 10.0 Å². The number of phenolic OH excluding ortho intramolecular Hbond substituents is 1. The average molecular weight is 381 g/mol. The van der Waals surface area contributed by atoms with Gasteiger partial charge in [0.15, 0.2) is 0 Å². The maximum atomic E-state index is 11.9. The van der Waals surface area contributed by atoms with E-state index in [4.69, 9.17) is 0 Å². The second-order valence-corrected chi connectivity index (χ2v) is 8.36. The SMILES string of the molecule is CC(=O)N1CCCCC1CCc1ccc(N2CC(=O)NS2(=O)=O)c(O)c1. The molecule has 1 aromatic carbocycles. The Balaban J connectivity index is 1.70. The number of benzene rings is 1. The molecule has 2 heterocycles. The number of piperidine rings is 1. The molecule has 2 aliphatic rings. The van der Waals surface area contributed by atoms with Gasteiger partial charge in [0.1, 0.15) is 12.3 Å². The first kappa shape index (κ1) is 18.5. The standard InChI is InChI=1S/C17H23N3O5S/c1-12(21)19-9-3-2-4-14(19)7-5-13-6-8-15(16(22)10-13)20-11-17(23)18-26(20,24)25/h6,8,10,14,22H,2-5,7,9,11H2,1H3,(H,18,23). The summed E-state index contributed by atoms with van der Waals surface area (Å²) in [7, 11) is -3.94. The van der Waals surface area contributed by atoms with Crippen LogP contribution in [0.2, 0.25) is 0 Å². The summed E-state index contributed by atoms with van der Waals surface area (Å²) in [6.45, 7) is 2.04. The number of carbonyl (C=O) groups is 2. The molecule has 0 bridgehead atoms. The zero-order valence-corrected chi connectivity index (χ0v) is 15.5. The van der Waals surface area contributed by atoms with E-state index in [1.54, 1.807) is 13.0 Å². The number of likely N-dealkylation sites (tertiary alicyclic amines) is 1. The highest BCUT2D eigenvalue weighted by Gasteiger charge is 2.35. The van der Waals surface area contributed by atoms with Crippen molar-refractivity contribution in [3.05, 3.63) is 23.8 Å². The number of aryl methyl sites for hydroxylation is 1. The molecule has 1 atom stereocenters. The normalized spacial score (nSPS) is 22.3. The number of nitrogens with zero attached hydrogens (tertiary/aromatic N) is 2. The summed E-state index contributed by atoms with van der Waals surface area (Å²) in [5, 5.41) is 10.2. The van der Waals surface area contributed by atoms with E-state index in [-0.39, 0.29) is 29.9 Å². The number of hydrogen-bond donors (Lipinski definition) is 2. The van der Waals surface area contributed by atoms with Crippen LogP contribution in [0.4, 0.5) is 5.69 Å². The van der Waals surface area contributed by atoms with Gasteiger partial charge in [-0.1, -0.05) is 6.07 Å². The molecule has 3 rings (SSSR count). The summed E-state index contributed by atoms with van der Waals surface area (Å²) in [6.07, 6.45) is 4.57. The van der Waals surface area contributed by atoms with E-state index < -0.39 is 16.1 Å². The van der Waals surface area contributed by atoms with Crippen LogP contribution in [0, 0.1) is 0 Å². The number of phenols is 1. The summed E-state index contributed by atoms with van der Waals surface area (Å²) in [6, 6.07) is 4.97. The Bertz CT molecular complexity index is 824. The number of amides is 2. The zero-order valence-electron chi connectivity index (χ0n) is 14.6.